The van der Waals surface area contributed by atoms with Gasteiger partial charge in [0.25, 0.3) is 0 Å². The molecule has 4 aliphatic carbocycles. The number of carboxylic acid groups (broad SMARTS) is 1. The van der Waals surface area contributed by atoms with Crippen molar-refractivity contribution in [2.45, 2.75) is 63.5 Å². The van der Waals surface area contributed by atoms with E-state index in [0.717, 1.165) is 17.8 Å². The minimum absolute atomic E-state index is 0.300. The number of esters is 1. The molecule has 26 heavy (non-hydrogen) atoms. The first-order valence-electron chi connectivity index (χ1n) is 9.58. The predicted molar refractivity (Wildman–Crippen MR) is 109 cm³/mol. The zero-order valence-electron chi connectivity index (χ0n) is 15.9. The number of nitrogens with two attached hydrogens (primary N) is 1. The number of carboxylic acids is 1. The van der Waals surface area contributed by atoms with Gasteiger partial charge in [-0.1, -0.05) is 6.92 Å². The molecule has 3 N–H and O–H groups in total. The van der Waals surface area contributed by atoms with Crippen LogP contribution in [0.1, 0.15) is 51.9 Å². The monoisotopic (exact) mass is 403 g/mol. The molecule has 0 aromatic carbocycles. The Hall–Kier alpha value is -0.400. The van der Waals surface area contributed by atoms with Gasteiger partial charge in [-0.05, 0) is 68.3 Å². The van der Waals surface area contributed by atoms with Crippen molar-refractivity contribution in [3.8, 4) is 0 Å². The zero-order chi connectivity index (χ0) is 19.3. The SMILES string of the molecule is CSCCC(OC(=O)[C@H](C)CS)C(=O)O.NC12CC3CC(CC(C3)C1)C2. The summed E-state index contributed by atoms with van der Waals surface area (Å²) in [6, 6.07) is 0. The van der Waals surface area contributed by atoms with Crippen molar-refractivity contribution in [2.75, 3.05) is 17.8 Å². The standard InChI is InChI=1S/C10H17N.C9H16O4S2/c11-10-4-7-1-8(5-10)3-9(2-7)6-10;1-6(5-14)9(12)13-7(8(10)11)3-4-15-2/h7-9H,1-6,11H2;6-7,14H,3-5H2,1-2H3,(H,10,11)/t;6-,7?/m.1/s1. The van der Waals surface area contributed by atoms with E-state index in [1.165, 1.54) is 50.3 Å². The van der Waals surface area contributed by atoms with Crippen LogP contribution in [-0.4, -0.2) is 46.4 Å². The van der Waals surface area contributed by atoms with Crippen LogP contribution in [0.5, 0.6) is 0 Å². The van der Waals surface area contributed by atoms with E-state index in [1.54, 1.807) is 6.92 Å². The molecule has 0 radical (unpaired) electrons. The first kappa shape index (κ1) is 21.9. The maximum Gasteiger partial charge on any atom is 0.345 e. The van der Waals surface area contributed by atoms with E-state index >= 15 is 0 Å². The summed E-state index contributed by atoms with van der Waals surface area (Å²) in [5.41, 5.74) is 6.62. The molecule has 4 bridgehead atoms. The van der Waals surface area contributed by atoms with Crippen LogP contribution in [0.25, 0.3) is 0 Å². The molecular formula is C19H33NO4S2. The number of carbonyl (C=O) groups is 2. The van der Waals surface area contributed by atoms with Crippen molar-refractivity contribution in [2.24, 2.45) is 29.4 Å². The van der Waals surface area contributed by atoms with Gasteiger partial charge in [0.15, 0.2) is 6.10 Å². The summed E-state index contributed by atoms with van der Waals surface area (Å²) < 4.78 is 4.87. The second-order valence-electron chi connectivity index (χ2n) is 8.41. The van der Waals surface area contributed by atoms with Gasteiger partial charge in [0.2, 0.25) is 0 Å². The molecule has 0 aliphatic heterocycles. The minimum Gasteiger partial charge on any atom is -0.479 e. The van der Waals surface area contributed by atoms with Crippen molar-refractivity contribution >= 4 is 36.3 Å². The van der Waals surface area contributed by atoms with Crippen molar-refractivity contribution in [1.82, 2.24) is 0 Å². The van der Waals surface area contributed by atoms with Crippen molar-refractivity contribution in [3.63, 3.8) is 0 Å². The van der Waals surface area contributed by atoms with Crippen LogP contribution >= 0.6 is 24.4 Å². The third kappa shape index (κ3) is 6.06. The van der Waals surface area contributed by atoms with E-state index in [9.17, 15) is 9.59 Å². The molecule has 0 saturated heterocycles. The average Bonchev–Trinajstić information content (AvgIpc) is 2.55. The number of rotatable bonds is 7. The number of ether oxygens (including phenoxy) is 1. The lowest BCUT2D eigenvalue weighted by molar-refractivity contribution is -0.166. The largest absolute Gasteiger partial charge is 0.479 e. The van der Waals surface area contributed by atoms with Crippen molar-refractivity contribution < 1.29 is 19.4 Å². The van der Waals surface area contributed by atoms with E-state index in [0.29, 0.717) is 23.5 Å². The van der Waals surface area contributed by atoms with Gasteiger partial charge in [0, 0.05) is 17.7 Å². The summed E-state index contributed by atoms with van der Waals surface area (Å²) in [6.07, 6.45) is 9.74. The van der Waals surface area contributed by atoms with E-state index in [2.05, 4.69) is 12.6 Å². The summed E-state index contributed by atoms with van der Waals surface area (Å²) >= 11 is 5.47. The molecule has 4 rings (SSSR count). The highest BCUT2D eigenvalue weighted by Crippen LogP contribution is 2.54. The third-order valence-corrected chi connectivity index (χ3v) is 7.07. The van der Waals surface area contributed by atoms with Crippen LogP contribution in [0.15, 0.2) is 0 Å². The van der Waals surface area contributed by atoms with Gasteiger partial charge in [-0.2, -0.15) is 24.4 Å². The Morgan fingerprint density at radius 3 is 2.08 bits per heavy atom. The van der Waals surface area contributed by atoms with Gasteiger partial charge in [-0.15, -0.1) is 0 Å². The summed E-state index contributed by atoms with van der Waals surface area (Å²) in [5.74, 6) is 2.10. The number of hydrogen-bond donors (Lipinski definition) is 3. The second-order valence-corrected chi connectivity index (χ2v) is 9.76. The van der Waals surface area contributed by atoms with Gasteiger partial charge in [0.05, 0.1) is 5.92 Å². The second kappa shape index (κ2) is 9.69. The highest BCUT2D eigenvalue weighted by molar-refractivity contribution is 7.98. The number of thioether (sulfide) groups is 1. The molecule has 0 heterocycles. The highest BCUT2D eigenvalue weighted by atomic mass is 32.2. The fourth-order valence-electron chi connectivity index (χ4n) is 4.97. The third-order valence-electron chi connectivity index (χ3n) is 5.88. The molecule has 150 valence electrons. The molecule has 4 fully saturated rings. The smallest absolute Gasteiger partial charge is 0.345 e. The molecule has 4 saturated carbocycles. The fourth-order valence-corrected chi connectivity index (χ4v) is 5.57. The maximum absolute atomic E-state index is 11.3. The van der Waals surface area contributed by atoms with Crippen molar-refractivity contribution in [1.29, 1.82) is 0 Å². The molecule has 0 amide bonds. The lowest BCUT2D eigenvalue weighted by atomic mass is 9.53. The molecule has 0 aromatic heterocycles. The van der Waals surface area contributed by atoms with Crippen LogP contribution in [0, 0.1) is 23.7 Å². The Labute approximate surface area is 166 Å². The Morgan fingerprint density at radius 1 is 1.23 bits per heavy atom. The van der Waals surface area contributed by atoms with Gasteiger partial charge in [0.1, 0.15) is 0 Å². The zero-order valence-corrected chi connectivity index (χ0v) is 17.6. The van der Waals surface area contributed by atoms with Crippen LogP contribution in [0.2, 0.25) is 0 Å². The van der Waals surface area contributed by atoms with E-state index in [1.807, 2.05) is 6.26 Å². The normalized spacial score (nSPS) is 33.8. The lowest BCUT2D eigenvalue weighted by Gasteiger charge is -2.55. The number of hydrogen-bond acceptors (Lipinski definition) is 6. The average molecular weight is 404 g/mol. The van der Waals surface area contributed by atoms with Crippen LogP contribution in [0.3, 0.4) is 0 Å². The number of aliphatic carboxylic acids is 1. The van der Waals surface area contributed by atoms with Crippen LogP contribution < -0.4 is 5.73 Å². The van der Waals surface area contributed by atoms with E-state index in [4.69, 9.17) is 15.6 Å². The predicted octanol–water partition coefficient (Wildman–Crippen LogP) is 3.22. The molecule has 0 aromatic rings. The Morgan fingerprint density at radius 2 is 1.73 bits per heavy atom. The minimum atomic E-state index is -1.09. The first-order valence-corrected chi connectivity index (χ1v) is 11.6. The van der Waals surface area contributed by atoms with Gasteiger partial charge in [-0.3, -0.25) is 4.79 Å². The first-order chi connectivity index (χ1) is 12.3. The number of thiol groups is 1. The summed E-state index contributed by atoms with van der Waals surface area (Å²) in [7, 11) is 0. The molecule has 0 spiro atoms. The van der Waals surface area contributed by atoms with Crippen LogP contribution in [0.4, 0.5) is 0 Å². The van der Waals surface area contributed by atoms with E-state index in [-0.39, 0.29) is 5.92 Å². The van der Waals surface area contributed by atoms with Crippen molar-refractivity contribution in [3.05, 3.63) is 0 Å². The van der Waals surface area contributed by atoms with Crippen LogP contribution in [-0.2, 0) is 14.3 Å². The quantitative estimate of drug-likeness (QED) is 0.447. The van der Waals surface area contributed by atoms with Gasteiger partial charge in [-0.25, -0.2) is 4.79 Å². The summed E-state index contributed by atoms with van der Waals surface area (Å²) in [5, 5.41) is 8.80. The highest BCUT2D eigenvalue weighted by Gasteiger charge is 2.48. The maximum atomic E-state index is 11.3. The Balaban J connectivity index is 0.000000193. The summed E-state index contributed by atoms with van der Waals surface area (Å²) in [6.45, 7) is 1.66. The molecular weight excluding hydrogens is 370 g/mol. The Kier molecular flexibility index (Phi) is 8.16. The van der Waals surface area contributed by atoms with Gasteiger partial charge < -0.3 is 15.6 Å². The molecule has 2 atom stereocenters. The lowest BCUT2D eigenvalue weighted by Crippen LogP contribution is -2.55. The molecule has 4 aliphatic rings. The molecule has 1 unspecified atom stereocenters. The van der Waals surface area contributed by atoms with Gasteiger partial charge >= 0.3 is 11.9 Å². The van der Waals surface area contributed by atoms with E-state index < -0.39 is 18.0 Å². The number of carbonyl (C=O) groups excluding carboxylic acids is 1. The fraction of sp³-hybridized carbons (Fsp3) is 0.895. The molecule has 7 heteroatoms. The Bertz CT molecular complexity index is 465. The molecule has 5 nitrogen and oxygen atoms in total. The summed E-state index contributed by atoms with van der Waals surface area (Å²) in [4.78, 5) is 22.1. The topological polar surface area (TPSA) is 89.6 Å².